The fourth-order valence-electron chi connectivity index (χ4n) is 2.81. The quantitative estimate of drug-likeness (QED) is 0.687. The molecule has 168 valence electrons. The maximum Gasteiger partial charge on any atom is 0.427 e. The van der Waals surface area contributed by atoms with Crippen LogP contribution in [0.3, 0.4) is 0 Å². The first kappa shape index (κ1) is 23.9. The molecule has 0 atom stereocenters. The molecule has 0 aliphatic carbocycles. The van der Waals surface area contributed by atoms with Crippen LogP contribution in [0.15, 0.2) is 0 Å². The normalized spacial score (nSPS) is 14.0. The molecular weight excluding hydrogens is 386 g/mol. The molecule has 1 aliphatic rings. The molecule has 1 aromatic heterocycles. The number of imide groups is 1. The van der Waals surface area contributed by atoms with Crippen LogP contribution >= 0.6 is 0 Å². The molecule has 0 aromatic carbocycles. The number of fused-ring (bicyclic) bond motifs is 1. The summed E-state index contributed by atoms with van der Waals surface area (Å²) in [4.78, 5) is 35.7. The summed E-state index contributed by atoms with van der Waals surface area (Å²) in [6, 6.07) is 0. The monoisotopic (exact) mass is 421 g/mol. The van der Waals surface area contributed by atoms with Gasteiger partial charge in [-0.05, 0) is 48.0 Å². The zero-order chi connectivity index (χ0) is 22.5. The van der Waals surface area contributed by atoms with Crippen LogP contribution in [0.5, 0.6) is 0 Å². The van der Waals surface area contributed by atoms with Crippen molar-refractivity contribution in [3.63, 3.8) is 0 Å². The van der Waals surface area contributed by atoms with Gasteiger partial charge in [-0.1, -0.05) is 13.3 Å². The Balaban J connectivity index is 2.48. The Kier molecular flexibility index (Phi) is 7.63. The van der Waals surface area contributed by atoms with Crippen LogP contribution in [-0.2, 0) is 22.4 Å². The van der Waals surface area contributed by atoms with Gasteiger partial charge in [0, 0.05) is 31.6 Å². The number of unbranched alkanes of at least 4 members (excludes halogenated alkanes) is 1. The highest BCUT2D eigenvalue weighted by atomic mass is 16.6. The second-order valence-electron chi connectivity index (χ2n) is 9.30. The van der Waals surface area contributed by atoms with Crippen molar-refractivity contribution >= 4 is 24.0 Å². The molecule has 0 bridgehead atoms. The molecule has 2 heterocycles. The average Bonchev–Trinajstić information content (AvgIpc) is 2.59. The summed E-state index contributed by atoms with van der Waals surface area (Å²) in [7, 11) is 0. The van der Waals surface area contributed by atoms with Crippen LogP contribution < -0.4 is 15.5 Å². The van der Waals surface area contributed by atoms with Crippen LogP contribution in [0.4, 0.5) is 21.4 Å². The van der Waals surface area contributed by atoms with E-state index in [0.29, 0.717) is 18.8 Å². The lowest BCUT2D eigenvalue weighted by molar-refractivity contribution is 0.0427. The molecule has 0 fully saturated rings. The summed E-state index contributed by atoms with van der Waals surface area (Å²) in [5.74, 6) is 0.575. The molecule has 0 unspecified atom stereocenters. The standard InChI is InChI=1S/C21H35N5O4/c1-8-9-11-23-16-14-13-22-12-10-15(14)24-17(25-16)26(18(27)29-20(2,3)4)19(28)30-21(5,6)7/h22H,8-13H2,1-7H3,(H,23,24,25). The van der Waals surface area contributed by atoms with E-state index in [4.69, 9.17) is 9.47 Å². The molecule has 0 saturated carbocycles. The molecule has 1 aromatic rings. The third-order valence-corrected chi connectivity index (χ3v) is 4.10. The minimum absolute atomic E-state index is 0.0434. The lowest BCUT2D eigenvalue weighted by Crippen LogP contribution is -2.45. The van der Waals surface area contributed by atoms with E-state index in [1.807, 2.05) is 0 Å². The molecule has 2 N–H and O–H groups in total. The van der Waals surface area contributed by atoms with E-state index in [1.54, 1.807) is 41.5 Å². The molecule has 2 amide bonds. The Hall–Kier alpha value is -2.42. The first-order valence-electron chi connectivity index (χ1n) is 10.5. The number of carbonyl (C=O) groups is 2. The smallest absolute Gasteiger partial charge is 0.427 e. The van der Waals surface area contributed by atoms with E-state index in [0.717, 1.165) is 42.1 Å². The summed E-state index contributed by atoms with van der Waals surface area (Å²) in [6.45, 7) is 14.6. The molecule has 0 spiro atoms. The van der Waals surface area contributed by atoms with Gasteiger partial charge in [-0.3, -0.25) is 0 Å². The predicted octanol–water partition coefficient (Wildman–Crippen LogP) is 4.01. The highest BCUT2D eigenvalue weighted by Crippen LogP contribution is 2.26. The third kappa shape index (κ3) is 6.83. The second kappa shape index (κ2) is 9.59. The Morgan fingerprint density at radius 1 is 1.07 bits per heavy atom. The number of nitrogens with one attached hydrogen (secondary N) is 2. The van der Waals surface area contributed by atoms with Crippen molar-refractivity contribution in [2.75, 3.05) is 23.3 Å². The largest absolute Gasteiger partial charge is 0.443 e. The van der Waals surface area contributed by atoms with Crippen molar-refractivity contribution in [1.82, 2.24) is 15.3 Å². The minimum atomic E-state index is -0.870. The van der Waals surface area contributed by atoms with E-state index in [1.165, 1.54) is 0 Å². The van der Waals surface area contributed by atoms with Gasteiger partial charge in [-0.15, -0.1) is 4.90 Å². The van der Waals surface area contributed by atoms with Crippen LogP contribution in [0, 0.1) is 0 Å². The Morgan fingerprint density at radius 2 is 1.67 bits per heavy atom. The first-order chi connectivity index (χ1) is 13.9. The lowest BCUT2D eigenvalue weighted by Gasteiger charge is -2.28. The molecular formula is C21H35N5O4. The molecule has 9 heteroatoms. The van der Waals surface area contributed by atoms with Crippen LogP contribution in [0.2, 0.25) is 0 Å². The van der Waals surface area contributed by atoms with Crippen molar-refractivity contribution in [3.8, 4) is 0 Å². The first-order valence-corrected chi connectivity index (χ1v) is 10.5. The molecule has 1 aliphatic heterocycles. The number of ether oxygens (including phenoxy) is 2. The second-order valence-corrected chi connectivity index (χ2v) is 9.30. The van der Waals surface area contributed by atoms with E-state index < -0.39 is 23.4 Å². The number of amides is 2. The van der Waals surface area contributed by atoms with Gasteiger partial charge in [0.15, 0.2) is 0 Å². The van der Waals surface area contributed by atoms with Gasteiger partial charge >= 0.3 is 12.2 Å². The molecule has 30 heavy (non-hydrogen) atoms. The third-order valence-electron chi connectivity index (χ3n) is 4.10. The zero-order valence-corrected chi connectivity index (χ0v) is 19.2. The maximum atomic E-state index is 12.9. The topological polar surface area (TPSA) is 106 Å². The average molecular weight is 422 g/mol. The van der Waals surface area contributed by atoms with Crippen LogP contribution in [0.1, 0.15) is 72.6 Å². The van der Waals surface area contributed by atoms with Gasteiger partial charge < -0.3 is 20.1 Å². The van der Waals surface area contributed by atoms with Crippen LogP contribution in [0.25, 0.3) is 0 Å². The summed E-state index contributed by atoms with van der Waals surface area (Å²) in [6.07, 6.45) is 0.941. The lowest BCUT2D eigenvalue weighted by atomic mass is 10.1. The number of hydrogen-bond acceptors (Lipinski definition) is 8. The van der Waals surface area contributed by atoms with E-state index in [9.17, 15) is 9.59 Å². The summed E-state index contributed by atoms with van der Waals surface area (Å²) < 4.78 is 10.9. The zero-order valence-electron chi connectivity index (χ0n) is 19.2. The molecule has 9 nitrogen and oxygen atoms in total. The summed E-state index contributed by atoms with van der Waals surface area (Å²) in [5.41, 5.74) is 0.166. The predicted molar refractivity (Wildman–Crippen MR) is 116 cm³/mol. The van der Waals surface area contributed by atoms with Gasteiger partial charge in [-0.25, -0.2) is 14.6 Å². The summed E-state index contributed by atoms with van der Waals surface area (Å²) in [5, 5.41) is 6.63. The van der Waals surface area contributed by atoms with Crippen molar-refractivity contribution in [2.24, 2.45) is 0 Å². The maximum absolute atomic E-state index is 12.9. The van der Waals surface area contributed by atoms with E-state index >= 15 is 0 Å². The number of nitrogens with zero attached hydrogens (tertiary/aromatic N) is 3. The van der Waals surface area contributed by atoms with Crippen molar-refractivity contribution < 1.29 is 19.1 Å². The number of carbonyl (C=O) groups excluding carboxylic acids is 2. The Labute approximate surface area is 178 Å². The number of hydrogen-bond donors (Lipinski definition) is 2. The van der Waals surface area contributed by atoms with Gasteiger partial charge in [0.2, 0.25) is 5.95 Å². The minimum Gasteiger partial charge on any atom is -0.443 e. The van der Waals surface area contributed by atoms with Gasteiger partial charge in [0.1, 0.15) is 17.0 Å². The molecule has 0 saturated heterocycles. The number of anilines is 2. The van der Waals surface area contributed by atoms with Gasteiger partial charge in [0.25, 0.3) is 0 Å². The molecule has 0 radical (unpaired) electrons. The van der Waals surface area contributed by atoms with Gasteiger partial charge in [0.05, 0.1) is 5.69 Å². The fourth-order valence-corrected chi connectivity index (χ4v) is 2.81. The SMILES string of the molecule is CCCCNc1nc(N(C(=O)OC(C)(C)C)C(=O)OC(C)(C)C)nc2c1CNCC2. The number of aromatic nitrogens is 2. The van der Waals surface area contributed by atoms with Crippen LogP contribution in [-0.4, -0.2) is 46.4 Å². The Bertz CT molecular complexity index is 740. The van der Waals surface area contributed by atoms with Crippen molar-refractivity contribution in [1.29, 1.82) is 0 Å². The Morgan fingerprint density at radius 3 is 2.20 bits per heavy atom. The van der Waals surface area contributed by atoms with Crippen molar-refractivity contribution in [3.05, 3.63) is 11.3 Å². The fraction of sp³-hybridized carbons (Fsp3) is 0.714. The van der Waals surface area contributed by atoms with Crippen molar-refractivity contribution in [2.45, 2.75) is 85.5 Å². The van der Waals surface area contributed by atoms with E-state index in [2.05, 4.69) is 27.5 Å². The highest BCUT2D eigenvalue weighted by molar-refractivity contribution is 6.08. The molecule has 2 rings (SSSR count). The van der Waals surface area contributed by atoms with Gasteiger partial charge in [-0.2, -0.15) is 4.98 Å². The van der Waals surface area contributed by atoms with E-state index in [-0.39, 0.29) is 5.95 Å². The highest BCUT2D eigenvalue weighted by Gasteiger charge is 2.35. The summed E-state index contributed by atoms with van der Waals surface area (Å²) >= 11 is 0. The number of rotatable bonds is 5.